The Morgan fingerprint density at radius 2 is 1.71 bits per heavy atom. The number of aromatic hydroxyl groups is 1. The van der Waals surface area contributed by atoms with E-state index in [9.17, 15) is 44.1 Å². The van der Waals surface area contributed by atoms with E-state index in [1.807, 2.05) is 4.90 Å². The predicted molar refractivity (Wildman–Crippen MR) is 171 cm³/mol. The topological polar surface area (TPSA) is 225 Å². The number of carbonyl (C=O) groups is 1. The van der Waals surface area contributed by atoms with E-state index in [4.69, 9.17) is 21.1 Å². The van der Waals surface area contributed by atoms with Gasteiger partial charge in [-0.2, -0.15) is 5.10 Å². The number of pyridine rings is 1. The van der Waals surface area contributed by atoms with E-state index in [1.165, 1.54) is 12.3 Å². The Bertz CT molecular complexity index is 2620. The second-order valence-corrected chi connectivity index (χ2v) is 12.1. The molecule has 7 rings (SSSR count). The molecule has 246 valence electrons. The highest BCUT2D eigenvalue weighted by Gasteiger charge is 2.53. The number of halogens is 1. The SMILES string of the molecule is COc1cc(=O)c2c(=O)c3c(c(=O)c=2c1=O)=C(O)[C@]1(CCc2c1c(O)c1c(=O)[nH]c(C=NNC(=O)CN4CCOCC4)cc1c2Cl)C=3O. The number of nitrogens with zero attached hydrogens (tertiary/aromatic N) is 2. The molecule has 0 unspecified atom stereocenters. The van der Waals surface area contributed by atoms with E-state index in [-0.39, 0.29) is 57.9 Å². The van der Waals surface area contributed by atoms with Crippen molar-refractivity contribution >= 4 is 46.0 Å². The number of aliphatic hydroxyl groups is 2. The molecule has 5 aliphatic rings. The molecule has 1 spiro atoms. The first-order chi connectivity index (χ1) is 22.9. The monoisotopic (exact) mass is 676 g/mol. The van der Waals surface area contributed by atoms with E-state index in [2.05, 4.69) is 15.5 Å². The Balaban J connectivity index is 1.37. The van der Waals surface area contributed by atoms with Crippen molar-refractivity contribution in [2.45, 2.75) is 18.3 Å². The molecule has 0 radical (unpaired) electrons. The van der Waals surface area contributed by atoms with Crippen molar-refractivity contribution in [2.75, 3.05) is 40.0 Å². The summed E-state index contributed by atoms with van der Waals surface area (Å²) in [6.07, 6.45) is 0.988. The minimum atomic E-state index is -2.09. The Kier molecular flexibility index (Phi) is 7.23. The summed E-state index contributed by atoms with van der Waals surface area (Å²) in [5, 5.41) is 35.5. The fraction of sp³-hybridized carbons (Fsp3) is 0.281. The standard InChI is InChI=1S/C32H25ClN4O11/c1-47-16-9-15(38)19-20(25(16)40)27(42)22-21(26(19)41)29(44)32(30(22)45)3-2-13-23(32)28(43)18-14(24(13)33)8-12(35-31(18)46)10-34-36-17(39)11-37-4-6-48-7-5-37/h8-10,43-45H,2-7,11H2,1H3,(H,35,46)(H,36,39)/t32-/m0/s1. The van der Waals surface area contributed by atoms with Crippen LogP contribution in [-0.4, -0.2) is 77.3 Å². The fourth-order valence-corrected chi connectivity index (χ4v) is 7.39. The van der Waals surface area contributed by atoms with E-state index >= 15 is 0 Å². The van der Waals surface area contributed by atoms with Gasteiger partial charge in [-0.25, -0.2) is 5.43 Å². The third-order valence-corrected chi connectivity index (χ3v) is 9.67. The molecule has 0 bridgehead atoms. The summed E-state index contributed by atoms with van der Waals surface area (Å²) < 4.78 is 10.2. The van der Waals surface area contributed by atoms with Gasteiger partial charge in [0.2, 0.25) is 16.3 Å². The number of morpholine rings is 1. The molecule has 4 aliphatic carbocycles. The van der Waals surface area contributed by atoms with Crippen LogP contribution in [0.5, 0.6) is 11.5 Å². The average Bonchev–Trinajstić information content (AvgIpc) is 3.57. The Morgan fingerprint density at radius 3 is 2.38 bits per heavy atom. The van der Waals surface area contributed by atoms with Gasteiger partial charge in [-0.15, -0.1) is 0 Å². The highest BCUT2D eigenvalue weighted by atomic mass is 35.5. The van der Waals surface area contributed by atoms with Crippen molar-refractivity contribution in [3.8, 4) is 11.5 Å². The van der Waals surface area contributed by atoms with Crippen LogP contribution < -0.4 is 47.9 Å². The van der Waals surface area contributed by atoms with Crippen LogP contribution in [0.25, 0.3) is 22.3 Å². The quantitative estimate of drug-likeness (QED) is 0.114. The summed E-state index contributed by atoms with van der Waals surface area (Å²) in [6.45, 7) is 2.34. The number of carbonyl (C=O) groups excluding carboxylic acids is 1. The maximum atomic E-state index is 13.7. The first-order valence-electron chi connectivity index (χ1n) is 14.7. The van der Waals surface area contributed by atoms with Crippen LogP contribution in [0.15, 0.2) is 41.2 Å². The van der Waals surface area contributed by atoms with Crippen LogP contribution >= 0.6 is 11.6 Å². The van der Waals surface area contributed by atoms with E-state index < -0.39 is 76.6 Å². The number of methoxy groups -OCH3 is 1. The molecule has 1 saturated heterocycles. The van der Waals surface area contributed by atoms with Gasteiger partial charge in [0.1, 0.15) is 22.7 Å². The lowest BCUT2D eigenvalue weighted by Crippen LogP contribution is -2.51. The molecule has 15 nitrogen and oxygen atoms in total. The maximum absolute atomic E-state index is 13.7. The largest absolute Gasteiger partial charge is 0.510 e. The van der Waals surface area contributed by atoms with Gasteiger partial charge >= 0.3 is 0 Å². The molecular formula is C32H25ClN4O11. The molecule has 1 atom stereocenters. The predicted octanol–water partition coefficient (Wildman–Crippen LogP) is -2.05. The van der Waals surface area contributed by atoms with Crippen LogP contribution in [0.3, 0.4) is 0 Å². The van der Waals surface area contributed by atoms with Gasteiger partial charge in [0.15, 0.2) is 11.2 Å². The summed E-state index contributed by atoms with van der Waals surface area (Å²) in [7, 11) is 1.10. The van der Waals surface area contributed by atoms with Crippen molar-refractivity contribution < 1.29 is 29.6 Å². The number of nitrogens with one attached hydrogen (secondary N) is 2. The lowest BCUT2D eigenvalue weighted by Gasteiger charge is -2.27. The van der Waals surface area contributed by atoms with Crippen LogP contribution in [-0.2, 0) is 21.4 Å². The molecule has 0 saturated carbocycles. The maximum Gasteiger partial charge on any atom is 0.260 e. The van der Waals surface area contributed by atoms with Crippen molar-refractivity contribution in [1.29, 1.82) is 0 Å². The van der Waals surface area contributed by atoms with Gasteiger partial charge in [-0.05, 0) is 24.5 Å². The zero-order valence-electron chi connectivity index (χ0n) is 25.1. The molecule has 1 aromatic carbocycles. The van der Waals surface area contributed by atoms with Gasteiger partial charge < -0.3 is 29.8 Å². The van der Waals surface area contributed by atoms with Crippen molar-refractivity contribution in [1.82, 2.24) is 15.3 Å². The van der Waals surface area contributed by atoms with Crippen molar-refractivity contribution in [3.05, 3.63) is 106 Å². The minimum Gasteiger partial charge on any atom is -0.510 e. The Morgan fingerprint density at radius 1 is 1.04 bits per heavy atom. The number of aromatic amines is 1. The molecule has 48 heavy (non-hydrogen) atoms. The summed E-state index contributed by atoms with van der Waals surface area (Å²) >= 11 is 6.79. The third kappa shape index (κ3) is 4.24. The molecule has 1 fully saturated rings. The first kappa shape index (κ1) is 31.2. The number of H-pyrrole nitrogens is 1. The fourth-order valence-electron chi connectivity index (χ4n) is 7.05. The number of rotatable bonds is 5. The van der Waals surface area contributed by atoms with Crippen LogP contribution in [0.2, 0.25) is 5.02 Å². The smallest absolute Gasteiger partial charge is 0.260 e. The van der Waals surface area contributed by atoms with E-state index in [1.54, 1.807) is 0 Å². The average molecular weight is 677 g/mol. The Labute approximate surface area is 271 Å². The molecule has 2 aromatic rings. The van der Waals surface area contributed by atoms with Crippen LogP contribution in [0, 0.1) is 10.4 Å². The lowest BCUT2D eigenvalue weighted by molar-refractivity contribution is -0.123. The van der Waals surface area contributed by atoms with Gasteiger partial charge in [0, 0.05) is 30.1 Å². The Hall–Kier alpha value is -5.38. The number of aliphatic hydroxyl groups excluding tert-OH is 2. The second kappa shape index (κ2) is 11.1. The molecule has 1 aromatic heterocycles. The van der Waals surface area contributed by atoms with Crippen molar-refractivity contribution in [3.63, 3.8) is 0 Å². The number of benzene rings is 1. The highest BCUT2D eigenvalue weighted by Crippen LogP contribution is 2.56. The zero-order valence-corrected chi connectivity index (χ0v) is 25.8. The molecule has 1 amide bonds. The third-order valence-electron chi connectivity index (χ3n) is 9.24. The van der Waals surface area contributed by atoms with Gasteiger partial charge in [0.05, 0.1) is 70.1 Å². The first-order valence-corrected chi connectivity index (χ1v) is 15.1. The summed E-state index contributed by atoms with van der Waals surface area (Å²) in [5.74, 6) is -3.22. The van der Waals surface area contributed by atoms with Crippen molar-refractivity contribution in [2.24, 2.45) is 5.10 Å². The summed E-state index contributed by atoms with van der Waals surface area (Å²) in [6, 6.07) is 2.17. The number of phenols is 1. The van der Waals surface area contributed by atoms with Gasteiger partial charge in [-0.1, -0.05) is 11.6 Å². The number of hydrogen-bond donors (Lipinski definition) is 5. The molecular weight excluding hydrogens is 652 g/mol. The number of amides is 1. The number of phenolic OH excluding ortho intramolecular Hbond substituents is 1. The van der Waals surface area contributed by atoms with Crippen LogP contribution in [0.4, 0.5) is 0 Å². The minimum absolute atomic E-state index is 0.00291. The summed E-state index contributed by atoms with van der Waals surface area (Å²) in [5.41, 5.74) is -4.81. The second-order valence-electron chi connectivity index (χ2n) is 11.7. The molecule has 16 heteroatoms. The lowest BCUT2D eigenvalue weighted by atomic mass is 9.78. The van der Waals surface area contributed by atoms with E-state index in [0.29, 0.717) is 26.3 Å². The highest BCUT2D eigenvalue weighted by molar-refractivity contribution is 6.37. The van der Waals surface area contributed by atoms with Crippen LogP contribution in [0.1, 0.15) is 23.2 Å². The molecule has 2 heterocycles. The number of aromatic nitrogens is 1. The number of hydrazone groups is 1. The van der Waals surface area contributed by atoms with Gasteiger partial charge in [-0.3, -0.25) is 33.7 Å². The molecule has 5 N–H and O–H groups in total. The summed E-state index contributed by atoms with van der Waals surface area (Å²) in [4.78, 5) is 83.2. The van der Waals surface area contributed by atoms with Gasteiger partial charge in [0.25, 0.3) is 11.5 Å². The zero-order chi connectivity index (χ0) is 34.2. The number of ether oxygens (including phenoxy) is 2. The normalized spacial score (nSPS) is 19.1. The molecule has 1 aliphatic heterocycles. The number of hydrogen-bond acceptors (Lipinski definition) is 13. The van der Waals surface area contributed by atoms with E-state index in [0.717, 1.165) is 13.2 Å². The number of fused-ring (bicyclic) bond motifs is 4.